The van der Waals surface area contributed by atoms with Crippen LogP contribution < -0.4 is 4.74 Å². The van der Waals surface area contributed by atoms with Crippen LogP contribution in [0.4, 0.5) is 4.79 Å². The Morgan fingerprint density at radius 3 is 2.55 bits per heavy atom. The van der Waals surface area contributed by atoms with Crippen molar-refractivity contribution in [2.75, 3.05) is 33.4 Å². The van der Waals surface area contributed by atoms with Gasteiger partial charge in [0.25, 0.3) is 0 Å². The molecule has 1 aromatic heterocycles. The highest BCUT2D eigenvalue weighted by atomic mass is 16.6. The first-order valence-corrected chi connectivity index (χ1v) is 11.1. The average molecular weight is 428 g/mol. The van der Waals surface area contributed by atoms with E-state index in [2.05, 4.69) is 16.0 Å². The lowest BCUT2D eigenvalue weighted by molar-refractivity contribution is -0.0769. The van der Waals surface area contributed by atoms with Crippen LogP contribution in [0, 0.1) is 0 Å². The van der Waals surface area contributed by atoms with Gasteiger partial charge in [-0.15, -0.1) is 0 Å². The molecule has 0 N–H and O–H groups in total. The summed E-state index contributed by atoms with van der Waals surface area (Å²) in [6, 6.07) is 10.7. The third kappa shape index (κ3) is 5.28. The number of benzene rings is 1. The van der Waals surface area contributed by atoms with Crippen LogP contribution in [0.2, 0.25) is 0 Å². The first-order chi connectivity index (χ1) is 14.8. The highest BCUT2D eigenvalue weighted by molar-refractivity contribution is 5.80. The molecule has 7 heteroatoms. The second-order valence-electron chi connectivity index (χ2n) is 9.45. The highest BCUT2D eigenvalue weighted by Crippen LogP contribution is 2.26. The molecule has 4 rings (SSSR count). The van der Waals surface area contributed by atoms with E-state index in [-0.39, 0.29) is 12.1 Å². The van der Waals surface area contributed by atoms with Crippen LogP contribution >= 0.6 is 0 Å². The van der Waals surface area contributed by atoms with Gasteiger partial charge in [0.15, 0.2) is 0 Å². The van der Waals surface area contributed by atoms with E-state index < -0.39 is 5.60 Å². The highest BCUT2D eigenvalue weighted by Gasteiger charge is 2.34. The quantitative estimate of drug-likeness (QED) is 0.722. The van der Waals surface area contributed by atoms with Gasteiger partial charge in [0.2, 0.25) is 5.88 Å². The summed E-state index contributed by atoms with van der Waals surface area (Å²) in [4.78, 5) is 22.0. The van der Waals surface area contributed by atoms with E-state index in [0.717, 1.165) is 55.6 Å². The zero-order chi connectivity index (χ0) is 22.0. The number of ether oxygens (including phenoxy) is 3. The van der Waals surface area contributed by atoms with Crippen LogP contribution in [0.3, 0.4) is 0 Å². The molecule has 2 saturated heterocycles. The predicted octanol–water partition coefficient (Wildman–Crippen LogP) is 3.84. The molecule has 3 heterocycles. The fourth-order valence-corrected chi connectivity index (χ4v) is 4.23. The van der Waals surface area contributed by atoms with Crippen molar-refractivity contribution in [1.29, 1.82) is 0 Å². The lowest BCUT2D eigenvalue weighted by atomic mass is 10.00. The van der Waals surface area contributed by atoms with Crippen molar-refractivity contribution < 1.29 is 19.0 Å². The van der Waals surface area contributed by atoms with Crippen molar-refractivity contribution in [2.24, 2.45) is 0 Å². The molecule has 0 atom stereocenters. The van der Waals surface area contributed by atoms with Crippen LogP contribution in [-0.2, 0) is 16.0 Å². The van der Waals surface area contributed by atoms with Crippen LogP contribution in [0.15, 0.2) is 30.3 Å². The van der Waals surface area contributed by atoms with Gasteiger partial charge in [0.05, 0.1) is 31.9 Å². The van der Waals surface area contributed by atoms with E-state index in [0.29, 0.717) is 18.5 Å². The van der Waals surface area contributed by atoms with Crippen molar-refractivity contribution in [3.8, 4) is 5.88 Å². The molecule has 31 heavy (non-hydrogen) atoms. The zero-order valence-electron chi connectivity index (χ0n) is 19.0. The van der Waals surface area contributed by atoms with Gasteiger partial charge in [-0.3, -0.25) is 4.90 Å². The number of rotatable bonds is 5. The number of carbonyl (C=O) groups is 1. The number of hydrogen-bond donors (Lipinski definition) is 0. The molecule has 2 aliphatic heterocycles. The van der Waals surface area contributed by atoms with Gasteiger partial charge in [-0.2, -0.15) is 0 Å². The molecule has 0 bridgehead atoms. The monoisotopic (exact) mass is 427 g/mol. The van der Waals surface area contributed by atoms with Gasteiger partial charge < -0.3 is 19.1 Å². The van der Waals surface area contributed by atoms with Crippen molar-refractivity contribution in [2.45, 2.75) is 57.8 Å². The Hall–Kier alpha value is -2.38. The molecule has 0 radical (unpaired) electrons. The van der Waals surface area contributed by atoms with Gasteiger partial charge in [-0.25, -0.2) is 9.78 Å². The summed E-state index contributed by atoms with van der Waals surface area (Å²) in [5.41, 5.74) is 1.42. The van der Waals surface area contributed by atoms with E-state index in [1.165, 1.54) is 0 Å². The minimum atomic E-state index is -0.525. The summed E-state index contributed by atoms with van der Waals surface area (Å²) in [6.07, 6.45) is 1.65. The number of carbonyl (C=O) groups excluding carboxylic acids is 1. The molecule has 168 valence electrons. The molecular formula is C24H33N3O4. The van der Waals surface area contributed by atoms with E-state index in [4.69, 9.17) is 14.2 Å². The number of hydrogen-bond acceptors (Lipinski definition) is 6. The molecule has 1 aromatic carbocycles. The summed E-state index contributed by atoms with van der Waals surface area (Å²) < 4.78 is 16.3. The summed E-state index contributed by atoms with van der Waals surface area (Å²) in [6.45, 7) is 9.89. The standard InChI is InChI=1S/C24H33N3O4/c1-24(2,3)31-23(28)27(19-9-11-26(12-10-19)20-15-30-16-20)14-17-5-7-21-18(13-17)6-8-22(25-21)29-4/h5-8,13,19-20H,9-12,14-16H2,1-4H3. The predicted molar refractivity (Wildman–Crippen MR) is 119 cm³/mol. The Kier molecular flexibility index (Phi) is 6.34. The van der Waals surface area contributed by atoms with Gasteiger partial charge in [-0.05, 0) is 57.4 Å². The Labute approximate surface area is 184 Å². The first-order valence-electron chi connectivity index (χ1n) is 11.1. The Balaban J connectivity index is 1.51. The third-order valence-corrected chi connectivity index (χ3v) is 5.99. The molecule has 7 nitrogen and oxygen atoms in total. The summed E-state index contributed by atoms with van der Waals surface area (Å²) >= 11 is 0. The molecule has 1 amide bonds. The molecule has 0 spiro atoms. The Morgan fingerprint density at radius 1 is 1.19 bits per heavy atom. The van der Waals surface area contributed by atoms with Crippen LogP contribution in [0.1, 0.15) is 39.2 Å². The van der Waals surface area contributed by atoms with Gasteiger partial charge in [0, 0.05) is 37.1 Å². The maximum atomic E-state index is 13.1. The minimum Gasteiger partial charge on any atom is -0.481 e. The second-order valence-corrected chi connectivity index (χ2v) is 9.45. The lowest BCUT2D eigenvalue weighted by Crippen LogP contribution is -2.55. The van der Waals surface area contributed by atoms with Gasteiger partial charge >= 0.3 is 6.09 Å². The van der Waals surface area contributed by atoms with Crippen LogP contribution in [0.25, 0.3) is 10.9 Å². The number of methoxy groups -OCH3 is 1. The molecule has 2 fully saturated rings. The fraction of sp³-hybridized carbons (Fsp3) is 0.583. The Bertz CT molecular complexity index is 915. The van der Waals surface area contributed by atoms with Crippen molar-refractivity contribution in [3.05, 3.63) is 35.9 Å². The summed E-state index contributed by atoms with van der Waals surface area (Å²) in [5.74, 6) is 0.597. The van der Waals surface area contributed by atoms with Crippen molar-refractivity contribution in [1.82, 2.24) is 14.8 Å². The maximum absolute atomic E-state index is 13.1. The largest absolute Gasteiger partial charge is 0.481 e. The molecule has 0 unspecified atom stereocenters. The minimum absolute atomic E-state index is 0.164. The molecule has 0 saturated carbocycles. The van der Waals surface area contributed by atoms with E-state index in [9.17, 15) is 4.79 Å². The molecular weight excluding hydrogens is 394 g/mol. The van der Waals surface area contributed by atoms with E-state index >= 15 is 0 Å². The van der Waals surface area contributed by atoms with Crippen molar-refractivity contribution in [3.63, 3.8) is 0 Å². The van der Waals surface area contributed by atoms with Crippen LogP contribution in [0.5, 0.6) is 5.88 Å². The fourth-order valence-electron chi connectivity index (χ4n) is 4.23. The third-order valence-electron chi connectivity index (χ3n) is 5.99. The summed E-state index contributed by atoms with van der Waals surface area (Å²) in [5, 5.41) is 1.03. The van der Waals surface area contributed by atoms with Crippen LogP contribution in [-0.4, -0.2) is 72.0 Å². The number of piperidine rings is 1. The number of likely N-dealkylation sites (tertiary alicyclic amines) is 1. The van der Waals surface area contributed by atoms with Crippen molar-refractivity contribution >= 4 is 17.0 Å². The number of aromatic nitrogens is 1. The summed E-state index contributed by atoms with van der Waals surface area (Å²) in [7, 11) is 1.62. The van der Waals surface area contributed by atoms with E-state index in [1.54, 1.807) is 7.11 Å². The molecule has 2 aliphatic rings. The second kappa shape index (κ2) is 9.01. The number of nitrogens with zero attached hydrogens (tertiary/aromatic N) is 3. The topological polar surface area (TPSA) is 64.1 Å². The maximum Gasteiger partial charge on any atom is 0.410 e. The lowest BCUT2D eigenvalue weighted by Gasteiger charge is -2.44. The number of pyridine rings is 1. The number of amides is 1. The zero-order valence-corrected chi connectivity index (χ0v) is 19.0. The SMILES string of the molecule is COc1ccc2cc(CN(C(=O)OC(C)(C)C)C3CCN(C4COC4)CC3)ccc2n1. The molecule has 2 aromatic rings. The molecule has 0 aliphatic carbocycles. The average Bonchev–Trinajstić information content (AvgIpc) is 2.69. The van der Waals surface area contributed by atoms with Gasteiger partial charge in [0.1, 0.15) is 5.60 Å². The Morgan fingerprint density at radius 2 is 1.94 bits per heavy atom. The van der Waals surface area contributed by atoms with E-state index in [1.807, 2.05) is 49.9 Å². The normalized spacial score (nSPS) is 18.6. The van der Waals surface area contributed by atoms with Gasteiger partial charge in [-0.1, -0.05) is 6.07 Å². The first kappa shape index (κ1) is 21.8. The smallest absolute Gasteiger partial charge is 0.410 e. The number of fused-ring (bicyclic) bond motifs is 1.